The molecule has 0 heterocycles. The molecule has 26 heavy (non-hydrogen) atoms. The lowest BCUT2D eigenvalue weighted by molar-refractivity contribution is -0.119. The number of nitrogens with one attached hydrogen (secondary N) is 1. The van der Waals surface area contributed by atoms with Gasteiger partial charge in [0.15, 0.2) is 6.61 Å². The number of amides is 1. The molecule has 0 radical (unpaired) electrons. The first kappa shape index (κ1) is 19.4. The lowest BCUT2D eigenvalue weighted by atomic mass is 10.0. The summed E-state index contributed by atoms with van der Waals surface area (Å²) in [6.45, 7) is 0.720. The van der Waals surface area contributed by atoms with E-state index in [2.05, 4.69) is 10.1 Å². The average molecular weight is 363 g/mol. The number of esters is 1. The SMILES string of the molecule is CC(C)c1ccc(C(=O)OCC(=O)Nc2ccc(OC(F)F)cc2)cc1. The van der Waals surface area contributed by atoms with Crippen LogP contribution in [-0.4, -0.2) is 25.1 Å². The number of ether oxygens (including phenoxy) is 2. The standard InChI is InChI=1S/C19H19F2NO4/c1-12(2)13-3-5-14(6-4-13)18(24)25-11-17(23)22-15-7-9-16(10-8-15)26-19(20)21/h3-10,12,19H,11H2,1-2H3,(H,22,23). The zero-order valence-electron chi connectivity index (χ0n) is 14.4. The first-order chi connectivity index (χ1) is 12.3. The summed E-state index contributed by atoms with van der Waals surface area (Å²) >= 11 is 0. The highest BCUT2D eigenvalue weighted by molar-refractivity contribution is 5.95. The Morgan fingerprint density at radius 2 is 1.62 bits per heavy atom. The number of rotatable bonds is 7. The number of anilines is 1. The van der Waals surface area contributed by atoms with Gasteiger partial charge >= 0.3 is 12.6 Å². The number of hydrogen-bond donors (Lipinski definition) is 1. The molecule has 1 N–H and O–H groups in total. The zero-order chi connectivity index (χ0) is 19.1. The summed E-state index contributed by atoms with van der Waals surface area (Å²) in [6.07, 6.45) is 0. The minimum absolute atomic E-state index is 0.0192. The van der Waals surface area contributed by atoms with Crippen LogP contribution in [0.25, 0.3) is 0 Å². The van der Waals surface area contributed by atoms with Crippen LogP contribution in [-0.2, 0) is 9.53 Å². The minimum atomic E-state index is -2.91. The van der Waals surface area contributed by atoms with Crippen LogP contribution in [0.3, 0.4) is 0 Å². The monoisotopic (exact) mass is 363 g/mol. The molecule has 5 nitrogen and oxygen atoms in total. The molecule has 0 fully saturated rings. The number of alkyl halides is 2. The summed E-state index contributed by atoms with van der Waals surface area (Å²) in [7, 11) is 0. The van der Waals surface area contributed by atoms with Crippen molar-refractivity contribution in [1.29, 1.82) is 0 Å². The van der Waals surface area contributed by atoms with Gasteiger partial charge in [-0.25, -0.2) is 4.79 Å². The molecule has 7 heteroatoms. The molecular formula is C19H19F2NO4. The third-order valence-electron chi connectivity index (χ3n) is 3.51. The highest BCUT2D eigenvalue weighted by Crippen LogP contribution is 2.18. The largest absolute Gasteiger partial charge is 0.452 e. The van der Waals surface area contributed by atoms with Crippen molar-refractivity contribution in [3.8, 4) is 5.75 Å². The maximum Gasteiger partial charge on any atom is 0.387 e. The van der Waals surface area contributed by atoms with Crippen LogP contribution in [0.1, 0.15) is 35.7 Å². The molecular weight excluding hydrogens is 344 g/mol. The van der Waals surface area contributed by atoms with Crippen LogP contribution in [0, 0.1) is 0 Å². The van der Waals surface area contributed by atoms with Gasteiger partial charge in [-0.05, 0) is 47.9 Å². The van der Waals surface area contributed by atoms with E-state index < -0.39 is 25.1 Å². The zero-order valence-corrected chi connectivity index (χ0v) is 14.4. The number of hydrogen-bond acceptors (Lipinski definition) is 4. The first-order valence-corrected chi connectivity index (χ1v) is 7.97. The van der Waals surface area contributed by atoms with Gasteiger partial charge in [0.1, 0.15) is 5.75 Å². The Morgan fingerprint density at radius 1 is 1.00 bits per heavy atom. The third kappa shape index (κ3) is 5.84. The van der Waals surface area contributed by atoms with Gasteiger partial charge < -0.3 is 14.8 Å². The third-order valence-corrected chi connectivity index (χ3v) is 3.51. The van der Waals surface area contributed by atoms with Gasteiger partial charge in [0.25, 0.3) is 5.91 Å². The van der Waals surface area contributed by atoms with E-state index in [1.54, 1.807) is 12.1 Å². The molecule has 0 aliphatic carbocycles. The summed E-state index contributed by atoms with van der Waals surface area (Å²) in [5.41, 5.74) is 1.82. The average Bonchev–Trinajstić information content (AvgIpc) is 2.61. The molecule has 0 aromatic heterocycles. The quantitative estimate of drug-likeness (QED) is 0.749. The first-order valence-electron chi connectivity index (χ1n) is 7.97. The Hall–Kier alpha value is -2.96. The molecule has 2 aromatic carbocycles. The summed E-state index contributed by atoms with van der Waals surface area (Å²) < 4.78 is 33.3. The van der Waals surface area contributed by atoms with Crippen molar-refractivity contribution in [3.63, 3.8) is 0 Å². The number of benzene rings is 2. The van der Waals surface area contributed by atoms with Gasteiger partial charge in [-0.15, -0.1) is 0 Å². The van der Waals surface area contributed by atoms with Crippen molar-refractivity contribution in [1.82, 2.24) is 0 Å². The summed E-state index contributed by atoms with van der Waals surface area (Å²) in [6, 6.07) is 12.4. The molecule has 0 saturated carbocycles. The lowest BCUT2D eigenvalue weighted by Crippen LogP contribution is -2.20. The predicted molar refractivity (Wildman–Crippen MR) is 92.5 cm³/mol. The fourth-order valence-electron chi connectivity index (χ4n) is 2.14. The Balaban J connectivity index is 1.83. The smallest absolute Gasteiger partial charge is 0.387 e. The van der Waals surface area contributed by atoms with Crippen molar-refractivity contribution >= 4 is 17.6 Å². The topological polar surface area (TPSA) is 64.6 Å². The van der Waals surface area contributed by atoms with E-state index >= 15 is 0 Å². The minimum Gasteiger partial charge on any atom is -0.452 e. The van der Waals surface area contributed by atoms with E-state index in [0.717, 1.165) is 5.56 Å². The molecule has 0 saturated heterocycles. The molecule has 0 spiro atoms. The van der Waals surface area contributed by atoms with E-state index in [0.29, 0.717) is 17.2 Å². The number of carbonyl (C=O) groups is 2. The van der Waals surface area contributed by atoms with Crippen molar-refractivity contribution < 1.29 is 27.8 Å². The van der Waals surface area contributed by atoms with Crippen molar-refractivity contribution in [3.05, 3.63) is 59.7 Å². The van der Waals surface area contributed by atoms with Crippen LogP contribution >= 0.6 is 0 Å². The number of halogens is 2. The second-order valence-electron chi connectivity index (χ2n) is 5.80. The van der Waals surface area contributed by atoms with Crippen LogP contribution in [0.15, 0.2) is 48.5 Å². The van der Waals surface area contributed by atoms with Gasteiger partial charge in [-0.3, -0.25) is 4.79 Å². The molecule has 2 rings (SSSR count). The molecule has 0 atom stereocenters. The van der Waals surface area contributed by atoms with Crippen LogP contribution in [0.4, 0.5) is 14.5 Å². The lowest BCUT2D eigenvalue weighted by Gasteiger charge is -2.09. The Morgan fingerprint density at radius 3 is 2.15 bits per heavy atom. The maximum atomic E-state index is 12.1. The normalized spacial score (nSPS) is 10.7. The fraction of sp³-hybridized carbons (Fsp3) is 0.263. The Bertz CT molecular complexity index is 743. The Kier molecular flexibility index (Phi) is 6.66. The highest BCUT2D eigenvalue weighted by Gasteiger charge is 2.11. The fourth-order valence-corrected chi connectivity index (χ4v) is 2.14. The van der Waals surface area contributed by atoms with E-state index in [4.69, 9.17) is 4.74 Å². The van der Waals surface area contributed by atoms with Gasteiger partial charge in [-0.1, -0.05) is 26.0 Å². The molecule has 1 amide bonds. The summed E-state index contributed by atoms with van der Waals surface area (Å²) in [5.74, 6) is -0.812. The summed E-state index contributed by atoms with van der Waals surface area (Å²) in [4.78, 5) is 23.8. The molecule has 2 aromatic rings. The molecule has 0 aliphatic heterocycles. The van der Waals surface area contributed by atoms with Crippen molar-refractivity contribution in [2.45, 2.75) is 26.4 Å². The van der Waals surface area contributed by atoms with Crippen LogP contribution in [0.2, 0.25) is 0 Å². The second kappa shape index (κ2) is 8.94. The number of carbonyl (C=O) groups excluding carboxylic acids is 2. The van der Waals surface area contributed by atoms with E-state index in [-0.39, 0.29) is 5.75 Å². The highest BCUT2D eigenvalue weighted by atomic mass is 19.3. The van der Waals surface area contributed by atoms with Crippen molar-refractivity contribution in [2.24, 2.45) is 0 Å². The maximum absolute atomic E-state index is 12.1. The van der Waals surface area contributed by atoms with E-state index in [9.17, 15) is 18.4 Å². The molecule has 0 unspecified atom stereocenters. The van der Waals surface area contributed by atoms with Gasteiger partial charge in [0, 0.05) is 5.69 Å². The molecule has 0 bridgehead atoms. The summed E-state index contributed by atoms with van der Waals surface area (Å²) in [5, 5.41) is 2.49. The van der Waals surface area contributed by atoms with Gasteiger partial charge in [-0.2, -0.15) is 8.78 Å². The van der Waals surface area contributed by atoms with Gasteiger partial charge in [0.2, 0.25) is 0 Å². The molecule has 138 valence electrons. The second-order valence-corrected chi connectivity index (χ2v) is 5.80. The van der Waals surface area contributed by atoms with Crippen LogP contribution < -0.4 is 10.1 Å². The van der Waals surface area contributed by atoms with Gasteiger partial charge in [0.05, 0.1) is 5.56 Å². The predicted octanol–water partition coefficient (Wildman–Crippen LogP) is 4.21. The van der Waals surface area contributed by atoms with E-state index in [1.807, 2.05) is 26.0 Å². The van der Waals surface area contributed by atoms with Crippen LogP contribution in [0.5, 0.6) is 5.75 Å². The molecule has 0 aliphatic rings. The van der Waals surface area contributed by atoms with E-state index in [1.165, 1.54) is 24.3 Å². The Labute approximate surface area is 149 Å². The van der Waals surface area contributed by atoms with Crippen molar-refractivity contribution in [2.75, 3.05) is 11.9 Å².